The van der Waals surface area contributed by atoms with E-state index in [4.69, 9.17) is 0 Å². The van der Waals surface area contributed by atoms with Gasteiger partial charge in [0.1, 0.15) is 0 Å². The maximum absolute atomic E-state index is 4.49. The van der Waals surface area contributed by atoms with Crippen molar-refractivity contribution in [3.63, 3.8) is 0 Å². The van der Waals surface area contributed by atoms with Gasteiger partial charge in [0.2, 0.25) is 0 Å². The molecule has 0 spiro atoms. The van der Waals surface area contributed by atoms with E-state index in [1.165, 1.54) is 70.8 Å². The fourth-order valence-corrected chi connectivity index (χ4v) is 6.60. The van der Waals surface area contributed by atoms with Crippen LogP contribution in [0.5, 0.6) is 0 Å². The molecule has 0 radical (unpaired) electrons. The van der Waals surface area contributed by atoms with E-state index in [0.717, 1.165) is 5.69 Å². The summed E-state index contributed by atoms with van der Waals surface area (Å²) in [5.41, 5.74) is 7.03. The zero-order valence-corrected chi connectivity index (χ0v) is 21.6. The molecule has 0 aliphatic rings. The third-order valence-corrected chi connectivity index (χ3v) is 8.33. The van der Waals surface area contributed by atoms with Crippen molar-refractivity contribution < 1.29 is 0 Å². The van der Waals surface area contributed by atoms with Gasteiger partial charge in [-0.2, -0.15) is 0 Å². The Bertz CT molecular complexity index is 2410. The lowest BCUT2D eigenvalue weighted by molar-refractivity contribution is 1.14. The minimum Gasteiger partial charge on any atom is -0.309 e. The molecule has 0 unspecified atom stereocenters. The number of para-hydroxylation sites is 1. The first-order chi connectivity index (χ1) is 19.8. The lowest BCUT2D eigenvalue weighted by atomic mass is 10.0. The molecule has 40 heavy (non-hydrogen) atoms. The van der Waals surface area contributed by atoms with Crippen molar-refractivity contribution in [3.05, 3.63) is 140 Å². The molecule has 3 heteroatoms. The van der Waals surface area contributed by atoms with Crippen LogP contribution in [0.25, 0.3) is 76.5 Å². The molecule has 0 saturated heterocycles. The molecule has 0 amide bonds. The van der Waals surface area contributed by atoms with E-state index < -0.39 is 0 Å². The highest BCUT2D eigenvalue weighted by molar-refractivity contribution is 6.25. The second-order valence-corrected chi connectivity index (χ2v) is 10.5. The molecule has 3 heterocycles. The Morgan fingerprint density at radius 3 is 1.85 bits per heavy atom. The number of nitrogens with zero attached hydrogens (tertiary/aromatic N) is 3. The molecule has 0 saturated carbocycles. The van der Waals surface area contributed by atoms with E-state index in [-0.39, 0.29) is 0 Å². The average molecular weight is 510 g/mol. The third-order valence-electron chi connectivity index (χ3n) is 8.33. The standard InChI is InChI=1S/C37H23N3/c1-2-12-27(13-3-1)39-33-17-16-24-9-6-7-15-29(24)37(33)32-22-35-31(21-36(32)39)30-19-25-10-4-5-11-26(25)20-34(30)40(35)28-14-8-18-38-23-28/h1-23H. The van der Waals surface area contributed by atoms with Crippen LogP contribution in [0.1, 0.15) is 0 Å². The first kappa shape index (κ1) is 21.5. The maximum atomic E-state index is 4.49. The van der Waals surface area contributed by atoms with Crippen molar-refractivity contribution in [2.75, 3.05) is 0 Å². The fraction of sp³-hybridized carbons (Fsp3) is 0. The van der Waals surface area contributed by atoms with Gasteiger partial charge in [-0.3, -0.25) is 4.98 Å². The normalized spacial score (nSPS) is 12.0. The van der Waals surface area contributed by atoms with E-state index in [0.29, 0.717) is 0 Å². The first-order valence-corrected chi connectivity index (χ1v) is 13.6. The predicted molar refractivity (Wildman–Crippen MR) is 168 cm³/mol. The van der Waals surface area contributed by atoms with Crippen LogP contribution >= 0.6 is 0 Å². The highest BCUT2D eigenvalue weighted by Gasteiger charge is 2.20. The summed E-state index contributed by atoms with van der Waals surface area (Å²) in [5, 5.41) is 10.0. The minimum atomic E-state index is 1.06. The third kappa shape index (κ3) is 2.92. The number of pyridine rings is 1. The van der Waals surface area contributed by atoms with Gasteiger partial charge in [-0.15, -0.1) is 0 Å². The molecule has 9 aromatic rings. The molecule has 6 aromatic carbocycles. The van der Waals surface area contributed by atoms with Gasteiger partial charge in [-0.1, -0.05) is 72.8 Å². The molecule has 0 fully saturated rings. The smallest absolute Gasteiger partial charge is 0.0645 e. The second kappa shape index (κ2) is 8.05. The van der Waals surface area contributed by atoms with Crippen LogP contribution in [-0.2, 0) is 0 Å². The molecule has 0 N–H and O–H groups in total. The Balaban J connectivity index is 1.54. The van der Waals surface area contributed by atoms with Crippen molar-refractivity contribution in [2.24, 2.45) is 0 Å². The monoisotopic (exact) mass is 509 g/mol. The number of hydrogen-bond donors (Lipinski definition) is 0. The SMILES string of the molecule is c1ccc(-n2c3cc4c5cc6ccccc6cc5n(-c5cccnc5)c4cc3c3c4ccccc4ccc32)cc1. The molecule has 0 aliphatic carbocycles. The molecular weight excluding hydrogens is 486 g/mol. The summed E-state index contributed by atoms with van der Waals surface area (Å²) in [6, 6.07) is 46.2. The Labute approximate surface area is 230 Å². The summed E-state index contributed by atoms with van der Waals surface area (Å²) in [5.74, 6) is 0. The van der Waals surface area contributed by atoms with Gasteiger partial charge in [0.15, 0.2) is 0 Å². The quantitative estimate of drug-likeness (QED) is 0.227. The van der Waals surface area contributed by atoms with Gasteiger partial charge in [-0.05, 0) is 76.1 Å². The summed E-state index contributed by atoms with van der Waals surface area (Å²) in [4.78, 5) is 4.49. The minimum absolute atomic E-state index is 1.06. The first-order valence-electron chi connectivity index (χ1n) is 13.6. The highest BCUT2D eigenvalue weighted by atomic mass is 15.0. The number of rotatable bonds is 2. The van der Waals surface area contributed by atoms with Crippen LogP contribution in [0.2, 0.25) is 0 Å². The van der Waals surface area contributed by atoms with Crippen molar-refractivity contribution >= 4 is 65.2 Å². The van der Waals surface area contributed by atoms with Gasteiger partial charge < -0.3 is 9.13 Å². The van der Waals surface area contributed by atoms with Crippen LogP contribution in [0.3, 0.4) is 0 Å². The molecule has 9 rings (SSSR count). The Kier molecular flexibility index (Phi) is 4.33. The maximum Gasteiger partial charge on any atom is 0.0645 e. The fourth-order valence-electron chi connectivity index (χ4n) is 6.60. The van der Waals surface area contributed by atoms with Crippen LogP contribution in [0.15, 0.2) is 140 Å². The van der Waals surface area contributed by atoms with Gasteiger partial charge >= 0.3 is 0 Å². The van der Waals surface area contributed by atoms with E-state index in [1.807, 2.05) is 18.5 Å². The molecule has 3 nitrogen and oxygen atoms in total. The summed E-state index contributed by atoms with van der Waals surface area (Å²) >= 11 is 0. The molecule has 186 valence electrons. The van der Waals surface area contributed by atoms with Gasteiger partial charge in [0, 0.05) is 33.4 Å². The molecule has 0 bridgehead atoms. The number of aromatic nitrogens is 3. The molecular formula is C37H23N3. The van der Waals surface area contributed by atoms with Gasteiger partial charge in [0.25, 0.3) is 0 Å². The van der Waals surface area contributed by atoms with Crippen molar-refractivity contribution in [3.8, 4) is 11.4 Å². The lowest BCUT2D eigenvalue weighted by Crippen LogP contribution is -1.95. The van der Waals surface area contributed by atoms with Crippen LogP contribution in [0.4, 0.5) is 0 Å². The van der Waals surface area contributed by atoms with E-state index in [9.17, 15) is 0 Å². The van der Waals surface area contributed by atoms with Crippen LogP contribution in [-0.4, -0.2) is 14.1 Å². The number of fused-ring (bicyclic) bond motifs is 9. The summed E-state index contributed by atoms with van der Waals surface area (Å²) in [6.45, 7) is 0. The Morgan fingerprint density at radius 2 is 1.02 bits per heavy atom. The largest absolute Gasteiger partial charge is 0.309 e. The zero-order valence-electron chi connectivity index (χ0n) is 21.6. The van der Waals surface area contributed by atoms with E-state index in [2.05, 4.69) is 135 Å². The second-order valence-electron chi connectivity index (χ2n) is 10.5. The van der Waals surface area contributed by atoms with Gasteiger partial charge in [0.05, 0.1) is 34.0 Å². The number of benzene rings is 6. The average Bonchev–Trinajstić information content (AvgIpc) is 3.51. The molecule has 0 aliphatic heterocycles. The Morgan fingerprint density at radius 1 is 0.400 bits per heavy atom. The zero-order chi connectivity index (χ0) is 26.2. The van der Waals surface area contributed by atoms with Crippen molar-refractivity contribution in [1.82, 2.24) is 14.1 Å². The number of hydrogen-bond acceptors (Lipinski definition) is 1. The summed E-state index contributed by atoms with van der Waals surface area (Å²) in [6.07, 6.45) is 3.80. The molecule has 0 atom stereocenters. The predicted octanol–water partition coefficient (Wildman–Crippen LogP) is 9.58. The van der Waals surface area contributed by atoms with E-state index in [1.54, 1.807) is 0 Å². The lowest BCUT2D eigenvalue weighted by Gasteiger charge is -2.09. The summed E-state index contributed by atoms with van der Waals surface area (Å²) in [7, 11) is 0. The highest BCUT2D eigenvalue weighted by Crippen LogP contribution is 2.42. The van der Waals surface area contributed by atoms with Crippen LogP contribution < -0.4 is 0 Å². The van der Waals surface area contributed by atoms with Crippen molar-refractivity contribution in [1.29, 1.82) is 0 Å². The van der Waals surface area contributed by atoms with Crippen molar-refractivity contribution in [2.45, 2.75) is 0 Å². The topological polar surface area (TPSA) is 22.8 Å². The summed E-state index contributed by atoms with van der Waals surface area (Å²) < 4.78 is 4.80. The Hall–Kier alpha value is -5.41. The van der Waals surface area contributed by atoms with Crippen LogP contribution in [0, 0.1) is 0 Å². The van der Waals surface area contributed by atoms with E-state index >= 15 is 0 Å². The van der Waals surface area contributed by atoms with Gasteiger partial charge in [-0.25, -0.2) is 0 Å². The molecule has 3 aromatic heterocycles.